The Morgan fingerprint density at radius 2 is 2.14 bits per heavy atom. The van der Waals surface area contributed by atoms with Crippen LogP contribution in [0.1, 0.15) is 31.0 Å². The molecule has 110 valence electrons. The van der Waals surface area contributed by atoms with Crippen LogP contribution < -0.4 is 9.47 Å². The molecule has 2 heterocycles. The van der Waals surface area contributed by atoms with Crippen molar-refractivity contribution in [3.63, 3.8) is 0 Å². The van der Waals surface area contributed by atoms with Gasteiger partial charge in [0.05, 0.1) is 4.47 Å². The van der Waals surface area contributed by atoms with Crippen molar-refractivity contribution in [2.75, 3.05) is 6.61 Å². The van der Waals surface area contributed by atoms with E-state index < -0.39 is 0 Å². The second-order valence-electron chi connectivity index (χ2n) is 4.83. The number of para-hydroxylation sites is 2. The number of aryl methyl sites for hydroxylation is 1. The Morgan fingerprint density at radius 3 is 2.90 bits per heavy atom. The third-order valence-electron chi connectivity index (χ3n) is 3.27. The number of benzene rings is 1. The highest BCUT2D eigenvalue weighted by Gasteiger charge is 2.24. The summed E-state index contributed by atoms with van der Waals surface area (Å²) in [6.45, 7) is 2.54. The number of ether oxygens (including phenoxy) is 2. The first-order valence-electron chi connectivity index (χ1n) is 6.86. The van der Waals surface area contributed by atoms with Crippen molar-refractivity contribution in [1.29, 1.82) is 0 Å². The summed E-state index contributed by atoms with van der Waals surface area (Å²) >= 11 is 8.81. The van der Waals surface area contributed by atoms with Gasteiger partial charge in [-0.1, -0.05) is 37.7 Å². The number of rotatable bonds is 3. The zero-order valence-corrected chi connectivity index (χ0v) is 14.0. The largest absolute Gasteiger partial charge is 0.485 e. The summed E-state index contributed by atoms with van der Waals surface area (Å²) in [5.41, 5.74) is 1.05. The van der Waals surface area contributed by atoms with Gasteiger partial charge < -0.3 is 14.5 Å². The van der Waals surface area contributed by atoms with Crippen LogP contribution in [0.3, 0.4) is 0 Å². The molecule has 0 spiro atoms. The maximum Gasteiger partial charge on any atom is 0.190 e. The summed E-state index contributed by atoms with van der Waals surface area (Å²) in [6.07, 6.45) is 1.66. The monoisotopic (exact) mass is 366 g/mol. The van der Waals surface area contributed by atoms with Crippen molar-refractivity contribution in [2.45, 2.75) is 25.9 Å². The molecule has 4 nitrogen and oxygen atoms in total. The van der Waals surface area contributed by atoms with Crippen LogP contribution in [0.4, 0.5) is 0 Å². The molecule has 1 N–H and O–H groups in total. The van der Waals surface area contributed by atoms with Crippen molar-refractivity contribution in [1.82, 2.24) is 9.97 Å². The lowest BCUT2D eigenvalue weighted by molar-refractivity contribution is 0.0847. The van der Waals surface area contributed by atoms with Crippen molar-refractivity contribution in [3.8, 4) is 11.5 Å². The molecule has 0 bridgehead atoms. The van der Waals surface area contributed by atoms with Gasteiger partial charge in [-0.3, -0.25) is 0 Å². The summed E-state index contributed by atoms with van der Waals surface area (Å²) in [7, 11) is 0. The summed E-state index contributed by atoms with van der Waals surface area (Å²) in [6, 6.07) is 7.63. The Kier molecular flexibility index (Phi) is 4.26. The molecule has 1 aromatic heterocycles. The van der Waals surface area contributed by atoms with Crippen LogP contribution >= 0.6 is 28.1 Å². The minimum Gasteiger partial charge on any atom is -0.485 e. The Balaban J connectivity index is 1.93. The lowest BCUT2D eigenvalue weighted by Gasteiger charge is -2.26. The van der Waals surface area contributed by atoms with Crippen molar-refractivity contribution in [2.24, 2.45) is 0 Å². The van der Waals surface area contributed by atoms with E-state index >= 15 is 0 Å². The van der Waals surface area contributed by atoms with E-state index in [2.05, 4.69) is 32.8 Å². The van der Waals surface area contributed by atoms with E-state index in [1.165, 1.54) is 0 Å². The van der Waals surface area contributed by atoms with Crippen LogP contribution in [0.2, 0.25) is 0 Å². The van der Waals surface area contributed by atoms with Crippen LogP contribution in [0, 0.1) is 4.64 Å². The number of hydrogen-bond donors (Lipinski definition) is 1. The smallest absolute Gasteiger partial charge is 0.190 e. The fourth-order valence-electron chi connectivity index (χ4n) is 2.25. The third kappa shape index (κ3) is 2.96. The summed E-state index contributed by atoms with van der Waals surface area (Å²) < 4.78 is 13.1. The van der Waals surface area contributed by atoms with E-state index in [0.717, 1.165) is 34.5 Å². The molecule has 3 rings (SSSR count). The van der Waals surface area contributed by atoms with Crippen molar-refractivity contribution in [3.05, 3.63) is 44.9 Å². The van der Waals surface area contributed by atoms with Gasteiger partial charge in [-0.05, 0) is 34.5 Å². The Labute approximate surface area is 136 Å². The molecule has 2 aromatic rings. The molecule has 21 heavy (non-hydrogen) atoms. The number of nitrogens with zero attached hydrogens (tertiary/aromatic N) is 1. The summed E-state index contributed by atoms with van der Waals surface area (Å²) in [4.78, 5) is 7.74. The first-order valence-corrected chi connectivity index (χ1v) is 8.06. The highest BCUT2D eigenvalue weighted by atomic mass is 79.9. The van der Waals surface area contributed by atoms with Gasteiger partial charge >= 0.3 is 0 Å². The summed E-state index contributed by atoms with van der Waals surface area (Å²) in [5.74, 6) is 2.20. The van der Waals surface area contributed by atoms with Crippen molar-refractivity contribution < 1.29 is 9.47 Å². The molecular weight excluding hydrogens is 352 g/mol. The van der Waals surface area contributed by atoms with Gasteiger partial charge in [0, 0.05) is 5.69 Å². The van der Waals surface area contributed by atoms with Crippen LogP contribution in [0.15, 0.2) is 28.7 Å². The second-order valence-corrected chi connectivity index (χ2v) is 6.01. The van der Waals surface area contributed by atoms with E-state index in [4.69, 9.17) is 21.7 Å². The molecule has 0 fully saturated rings. The fraction of sp³-hybridized carbons (Fsp3) is 0.333. The number of nitrogens with one attached hydrogen (secondary N) is 1. The molecule has 6 heteroatoms. The maximum atomic E-state index is 5.97. The van der Waals surface area contributed by atoms with Gasteiger partial charge in [0.1, 0.15) is 11.2 Å². The molecule has 0 radical (unpaired) electrons. The predicted octanol–water partition coefficient (Wildman–Crippen LogP) is 4.37. The van der Waals surface area contributed by atoms with Gasteiger partial charge in [0.25, 0.3) is 0 Å². The topological polar surface area (TPSA) is 47.1 Å². The second kappa shape index (κ2) is 6.15. The lowest BCUT2D eigenvalue weighted by Crippen LogP contribution is -2.24. The number of H-pyrrole nitrogens is 1. The number of aromatic amines is 1. The van der Waals surface area contributed by atoms with Gasteiger partial charge in [-0.15, -0.1) is 0 Å². The van der Waals surface area contributed by atoms with Crippen LogP contribution in [0.25, 0.3) is 0 Å². The summed E-state index contributed by atoms with van der Waals surface area (Å²) in [5, 5.41) is 0. The molecule has 0 saturated heterocycles. The molecule has 1 aromatic carbocycles. The van der Waals surface area contributed by atoms with E-state index in [9.17, 15) is 0 Å². The number of halogens is 1. The first-order chi connectivity index (χ1) is 10.2. The van der Waals surface area contributed by atoms with Gasteiger partial charge in [0.2, 0.25) is 0 Å². The van der Waals surface area contributed by atoms with E-state index in [1.54, 1.807) is 0 Å². The van der Waals surface area contributed by atoms with Gasteiger partial charge in [0.15, 0.2) is 23.4 Å². The standard InChI is InChI=1S/C15H15BrN2O2S/c1-2-5-9-13(16)15(21)18-14(17-9)12-8-19-10-6-3-4-7-11(10)20-12/h3-4,6-7,12H,2,5,8H2,1H3,(H,17,18,21). The molecule has 0 saturated carbocycles. The highest BCUT2D eigenvalue weighted by Crippen LogP contribution is 2.35. The predicted molar refractivity (Wildman–Crippen MR) is 86.4 cm³/mol. The average Bonchev–Trinajstić information content (AvgIpc) is 2.51. The molecule has 1 aliphatic rings. The average molecular weight is 367 g/mol. The molecular formula is C15H15BrN2O2S. The zero-order chi connectivity index (χ0) is 14.8. The number of fused-ring (bicyclic) bond motifs is 1. The van der Waals surface area contributed by atoms with Crippen LogP contribution in [-0.4, -0.2) is 16.6 Å². The molecule has 1 aliphatic heterocycles. The molecule has 0 aliphatic carbocycles. The van der Waals surface area contributed by atoms with Gasteiger partial charge in [-0.2, -0.15) is 0 Å². The number of hydrogen-bond acceptors (Lipinski definition) is 4. The zero-order valence-electron chi connectivity index (χ0n) is 11.6. The SMILES string of the molecule is CCCc1[nH]c(C2COc3ccccc3O2)nc(=S)c1Br. The van der Waals surface area contributed by atoms with Crippen molar-refractivity contribution >= 4 is 28.1 Å². The maximum absolute atomic E-state index is 5.97. The molecule has 1 unspecified atom stereocenters. The van der Waals surface area contributed by atoms with Crippen LogP contribution in [0.5, 0.6) is 11.5 Å². The first kappa shape index (κ1) is 14.5. The minimum absolute atomic E-state index is 0.273. The van der Waals surface area contributed by atoms with Crippen LogP contribution in [-0.2, 0) is 6.42 Å². The number of aromatic nitrogens is 2. The minimum atomic E-state index is -0.273. The van der Waals surface area contributed by atoms with E-state index in [0.29, 0.717) is 17.1 Å². The quantitative estimate of drug-likeness (QED) is 0.819. The Bertz CT molecular complexity index is 717. The third-order valence-corrected chi connectivity index (χ3v) is 4.68. The highest BCUT2D eigenvalue weighted by molar-refractivity contribution is 9.10. The van der Waals surface area contributed by atoms with E-state index in [1.807, 2.05) is 24.3 Å². The van der Waals surface area contributed by atoms with E-state index in [-0.39, 0.29) is 6.10 Å². The Hall–Kier alpha value is -1.40. The molecule has 0 amide bonds. The lowest BCUT2D eigenvalue weighted by atomic mass is 10.2. The molecule has 1 atom stereocenters. The Morgan fingerprint density at radius 1 is 1.38 bits per heavy atom. The normalized spacial score (nSPS) is 16.8. The van der Waals surface area contributed by atoms with Gasteiger partial charge in [-0.25, -0.2) is 4.98 Å². The fourth-order valence-corrected chi connectivity index (χ4v) is 2.86.